The van der Waals surface area contributed by atoms with E-state index in [1.54, 1.807) is 0 Å². The molecule has 0 N–H and O–H groups in total. The van der Waals surface area contributed by atoms with Crippen molar-refractivity contribution in [3.05, 3.63) is 0 Å². The second kappa shape index (κ2) is 7.37. The first-order valence-electron chi connectivity index (χ1n) is 5.67. The molecule has 1 nitrogen and oxygen atoms in total. The maximum Gasteiger partial charge on any atom is -0.00223 e. The highest BCUT2D eigenvalue weighted by Crippen LogP contribution is 2.14. The molecule has 0 saturated heterocycles. The highest BCUT2D eigenvalue weighted by molar-refractivity contribution is 4.57. The Hall–Kier alpha value is -0.0400. The van der Waals surface area contributed by atoms with Crippen LogP contribution >= 0.6 is 0 Å². The Morgan fingerprint density at radius 3 is 2.00 bits per heavy atom. The van der Waals surface area contributed by atoms with E-state index in [0.29, 0.717) is 0 Å². The van der Waals surface area contributed by atoms with Crippen molar-refractivity contribution in [2.24, 2.45) is 11.8 Å². The summed E-state index contributed by atoms with van der Waals surface area (Å²) in [6.07, 6.45) is 5.57. The van der Waals surface area contributed by atoms with Crippen molar-refractivity contribution >= 4 is 0 Å². The Morgan fingerprint density at radius 1 is 0.923 bits per heavy atom. The lowest BCUT2D eigenvalue weighted by molar-refractivity contribution is 0.343. The van der Waals surface area contributed by atoms with Gasteiger partial charge in [-0.25, -0.2) is 0 Å². The standard InChI is InChI=1S/C12H27N/c1-11(2)7-6-8-12(3)9-10-13(4)5/h11-12H,6-10H2,1-5H3/t12-/m0/s1. The highest BCUT2D eigenvalue weighted by atomic mass is 15.0. The first-order chi connectivity index (χ1) is 6.02. The molecule has 0 aliphatic carbocycles. The van der Waals surface area contributed by atoms with Gasteiger partial charge in [-0.05, 0) is 38.9 Å². The minimum atomic E-state index is 0.876. The van der Waals surface area contributed by atoms with Crippen LogP contribution in [-0.4, -0.2) is 25.5 Å². The van der Waals surface area contributed by atoms with Gasteiger partial charge in [0.1, 0.15) is 0 Å². The van der Waals surface area contributed by atoms with Gasteiger partial charge in [-0.1, -0.05) is 40.0 Å². The molecule has 0 heterocycles. The summed E-state index contributed by atoms with van der Waals surface area (Å²) in [7, 11) is 4.31. The van der Waals surface area contributed by atoms with Crippen molar-refractivity contribution in [2.75, 3.05) is 20.6 Å². The molecule has 0 aromatic rings. The maximum atomic E-state index is 2.38. The van der Waals surface area contributed by atoms with Crippen LogP contribution in [-0.2, 0) is 0 Å². The van der Waals surface area contributed by atoms with Gasteiger partial charge in [0.25, 0.3) is 0 Å². The summed E-state index contributed by atoms with van der Waals surface area (Å²) in [6, 6.07) is 0. The van der Waals surface area contributed by atoms with E-state index in [4.69, 9.17) is 0 Å². The van der Waals surface area contributed by atoms with Crippen molar-refractivity contribution in [1.82, 2.24) is 4.90 Å². The second-order valence-corrected chi connectivity index (χ2v) is 5.02. The SMILES string of the molecule is CC(C)CCC[C@H](C)CCN(C)C. The van der Waals surface area contributed by atoms with E-state index in [0.717, 1.165) is 11.8 Å². The molecule has 0 fully saturated rings. The predicted octanol–water partition coefficient (Wildman–Crippen LogP) is 3.40. The first-order valence-corrected chi connectivity index (χ1v) is 5.67. The molecule has 0 saturated carbocycles. The van der Waals surface area contributed by atoms with Gasteiger partial charge in [0.15, 0.2) is 0 Å². The molecule has 0 aliphatic rings. The van der Waals surface area contributed by atoms with Crippen LogP contribution in [0.15, 0.2) is 0 Å². The number of hydrogen-bond acceptors (Lipinski definition) is 1. The maximum absolute atomic E-state index is 2.38. The average Bonchev–Trinajstić information content (AvgIpc) is 2.00. The molecule has 0 unspecified atom stereocenters. The minimum absolute atomic E-state index is 0.876. The fraction of sp³-hybridized carbons (Fsp3) is 1.00. The lowest BCUT2D eigenvalue weighted by Gasteiger charge is -2.15. The van der Waals surface area contributed by atoms with Crippen LogP contribution in [0, 0.1) is 11.8 Å². The zero-order chi connectivity index (χ0) is 10.3. The second-order valence-electron chi connectivity index (χ2n) is 5.02. The molecule has 0 aromatic carbocycles. The topological polar surface area (TPSA) is 3.24 Å². The molecule has 1 atom stereocenters. The minimum Gasteiger partial charge on any atom is -0.309 e. The lowest BCUT2D eigenvalue weighted by Crippen LogP contribution is -2.15. The van der Waals surface area contributed by atoms with E-state index in [2.05, 4.69) is 39.8 Å². The van der Waals surface area contributed by atoms with Gasteiger partial charge in [0.2, 0.25) is 0 Å². The van der Waals surface area contributed by atoms with Gasteiger partial charge in [0, 0.05) is 0 Å². The summed E-state index contributed by atoms with van der Waals surface area (Å²) < 4.78 is 0. The summed E-state index contributed by atoms with van der Waals surface area (Å²) in [5.41, 5.74) is 0. The molecule has 0 amide bonds. The van der Waals surface area contributed by atoms with Crippen LogP contribution < -0.4 is 0 Å². The molecule has 0 bridgehead atoms. The lowest BCUT2D eigenvalue weighted by atomic mass is 9.97. The third-order valence-electron chi connectivity index (χ3n) is 2.55. The summed E-state index contributed by atoms with van der Waals surface area (Å²) in [4.78, 5) is 2.28. The number of nitrogens with zero attached hydrogens (tertiary/aromatic N) is 1. The van der Waals surface area contributed by atoms with Crippen LogP contribution in [0.1, 0.15) is 46.5 Å². The molecular weight excluding hydrogens is 158 g/mol. The molecule has 13 heavy (non-hydrogen) atoms. The third kappa shape index (κ3) is 9.88. The summed E-state index contributed by atoms with van der Waals surface area (Å²) in [6.45, 7) is 8.24. The third-order valence-corrected chi connectivity index (χ3v) is 2.55. The van der Waals surface area contributed by atoms with Crippen LogP contribution in [0.2, 0.25) is 0 Å². The largest absolute Gasteiger partial charge is 0.309 e. The van der Waals surface area contributed by atoms with Crippen molar-refractivity contribution in [3.63, 3.8) is 0 Å². The van der Waals surface area contributed by atoms with Crippen molar-refractivity contribution < 1.29 is 0 Å². The molecule has 0 radical (unpaired) electrons. The Bertz CT molecular complexity index is 108. The van der Waals surface area contributed by atoms with Crippen molar-refractivity contribution in [1.29, 1.82) is 0 Å². The van der Waals surface area contributed by atoms with Gasteiger partial charge in [-0.2, -0.15) is 0 Å². The van der Waals surface area contributed by atoms with Gasteiger partial charge < -0.3 is 4.90 Å². The Morgan fingerprint density at radius 2 is 1.54 bits per heavy atom. The van der Waals surface area contributed by atoms with Gasteiger partial charge >= 0.3 is 0 Å². The summed E-state index contributed by atoms with van der Waals surface area (Å²) in [5, 5.41) is 0. The predicted molar refractivity (Wildman–Crippen MR) is 61.0 cm³/mol. The first kappa shape index (κ1) is 13.0. The fourth-order valence-corrected chi connectivity index (χ4v) is 1.50. The zero-order valence-corrected chi connectivity index (χ0v) is 10.1. The summed E-state index contributed by atoms with van der Waals surface area (Å²) >= 11 is 0. The molecule has 1 heteroatoms. The van der Waals surface area contributed by atoms with E-state index in [1.807, 2.05) is 0 Å². The van der Waals surface area contributed by atoms with E-state index in [-0.39, 0.29) is 0 Å². The normalized spacial score (nSPS) is 14.1. The number of rotatable bonds is 7. The zero-order valence-electron chi connectivity index (χ0n) is 10.1. The molecule has 0 aliphatic heterocycles. The number of hydrogen-bond donors (Lipinski definition) is 0. The Kier molecular flexibility index (Phi) is 7.35. The summed E-state index contributed by atoms with van der Waals surface area (Å²) in [5.74, 6) is 1.78. The van der Waals surface area contributed by atoms with Crippen LogP contribution in [0.5, 0.6) is 0 Å². The van der Waals surface area contributed by atoms with Crippen LogP contribution in [0.3, 0.4) is 0 Å². The smallest absolute Gasteiger partial charge is 0.00223 e. The molecule has 0 aromatic heterocycles. The quantitative estimate of drug-likeness (QED) is 0.587. The fourth-order valence-electron chi connectivity index (χ4n) is 1.50. The van der Waals surface area contributed by atoms with Gasteiger partial charge in [0.05, 0.1) is 0 Å². The van der Waals surface area contributed by atoms with E-state index >= 15 is 0 Å². The van der Waals surface area contributed by atoms with Crippen LogP contribution in [0.4, 0.5) is 0 Å². The Balaban J connectivity index is 3.25. The molecular formula is C12H27N. The van der Waals surface area contributed by atoms with Gasteiger partial charge in [-0.15, -0.1) is 0 Å². The molecule has 0 spiro atoms. The van der Waals surface area contributed by atoms with E-state index in [1.165, 1.54) is 32.2 Å². The monoisotopic (exact) mass is 185 g/mol. The van der Waals surface area contributed by atoms with E-state index < -0.39 is 0 Å². The van der Waals surface area contributed by atoms with Gasteiger partial charge in [-0.3, -0.25) is 0 Å². The average molecular weight is 185 g/mol. The molecule has 0 rings (SSSR count). The van der Waals surface area contributed by atoms with Crippen molar-refractivity contribution in [3.8, 4) is 0 Å². The Labute approximate surface area is 84.5 Å². The van der Waals surface area contributed by atoms with E-state index in [9.17, 15) is 0 Å². The molecule has 80 valence electrons. The van der Waals surface area contributed by atoms with Crippen LogP contribution in [0.25, 0.3) is 0 Å². The van der Waals surface area contributed by atoms with Crippen molar-refractivity contribution in [2.45, 2.75) is 46.5 Å². The highest BCUT2D eigenvalue weighted by Gasteiger charge is 2.03.